The molecule has 0 radical (unpaired) electrons. The van der Waals surface area contributed by atoms with Gasteiger partial charge in [0.2, 0.25) is 0 Å². The quantitative estimate of drug-likeness (QED) is 0.449. The zero-order chi connectivity index (χ0) is 24.0. The predicted molar refractivity (Wildman–Crippen MR) is 124 cm³/mol. The Morgan fingerprint density at radius 3 is 2.82 bits per heavy atom. The van der Waals surface area contributed by atoms with Crippen LogP contribution in [0, 0.1) is 5.82 Å². The topological polar surface area (TPSA) is 114 Å². The van der Waals surface area contributed by atoms with Crippen molar-refractivity contribution in [2.45, 2.75) is 6.54 Å². The lowest BCUT2D eigenvalue weighted by Gasteiger charge is -2.31. The average molecular weight is 483 g/mol. The molecule has 1 aliphatic rings. The molecule has 5 rings (SSSR count). The van der Waals surface area contributed by atoms with Gasteiger partial charge in [0.1, 0.15) is 23.0 Å². The van der Waals surface area contributed by atoms with Crippen LogP contribution < -0.4 is 25.6 Å². The van der Waals surface area contributed by atoms with Crippen LogP contribution in [0.2, 0.25) is 0 Å². The third-order valence-electron chi connectivity index (χ3n) is 5.62. The number of anilines is 1. The Morgan fingerprint density at radius 2 is 2.06 bits per heavy atom. The number of carbonyl (C=O) groups is 1. The Morgan fingerprint density at radius 1 is 1.26 bits per heavy atom. The highest BCUT2D eigenvalue weighted by molar-refractivity contribution is 7.13. The van der Waals surface area contributed by atoms with Crippen molar-refractivity contribution in [3.05, 3.63) is 78.9 Å². The van der Waals surface area contributed by atoms with Crippen molar-refractivity contribution < 1.29 is 23.8 Å². The van der Waals surface area contributed by atoms with E-state index in [0.717, 1.165) is 23.1 Å². The first-order valence-electron chi connectivity index (χ1n) is 10.2. The molecule has 4 aromatic rings. The van der Waals surface area contributed by atoms with E-state index in [-0.39, 0.29) is 27.2 Å². The maximum Gasteiger partial charge on any atom is 0.346 e. The Balaban J connectivity index is 1.66. The van der Waals surface area contributed by atoms with Gasteiger partial charge in [-0.05, 0) is 18.2 Å². The van der Waals surface area contributed by atoms with Crippen molar-refractivity contribution >= 4 is 33.9 Å². The van der Waals surface area contributed by atoms with Gasteiger partial charge in [0.15, 0.2) is 5.82 Å². The van der Waals surface area contributed by atoms with Crippen LogP contribution in [0.15, 0.2) is 51.4 Å². The van der Waals surface area contributed by atoms with Crippen LogP contribution in [-0.2, 0) is 6.54 Å². The molecule has 1 aliphatic heterocycles. The van der Waals surface area contributed by atoms with Crippen LogP contribution in [0.1, 0.15) is 15.2 Å². The van der Waals surface area contributed by atoms with Crippen molar-refractivity contribution in [2.75, 3.05) is 25.2 Å². The molecule has 2 aromatic carbocycles. The van der Waals surface area contributed by atoms with Crippen LogP contribution >= 0.6 is 11.3 Å². The SMILES string of the molecule is COc1cc(F)c(-n2c(=O)[nH]c3csc(C(=O)O)c3c2=O)cc1CN1CCOc2ccccc21. The van der Waals surface area contributed by atoms with E-state index in [1.165, 1.54) is 18.6 Å². The first-order chi connectivity index (χ1) is 16.4. The number of hydrogen-bond acceptors (Lipinski definition) is 7. The van der Waals surface area contributed by atoms with Crippen molar-refractivity contribution in [1.82, 2.24) is 9.55 Å². The molecule has 3 heterocycles. The van der Waals surface area contributed by atoms with Crippen molar-refractivity contribution in [1.29, 1.82) is 0 Å². The number of H-pyrrole nitrogens is 1. The number of halogens is 1. The average Bonchev–Trinajstić information content (AvgIpc) is 3.25. The van der Waals surface area contributed by atoms with Gasteiger partial charge in [-0.15, -0.1) is 11.3 Å². The standard InChI is InChI=1S/C23H18FN3O6S/c1-32-18-9-13(24)16(8-12(18)10-26-6-7-33-17-5-3-2-4-15(17)26)27-21(28)19-14(25-23(27)31)11-34-20(19)22(29)30/h2-5,8-9,11H,6-7,10H2,1H3,(H,25,31)(H,29,30). The number of thiophene rings is 1. The van der Waals surface area contributed by atoms with Gasteiger partial charge in [-0.25, -0.2) is 18.5 Å². The third kappa shape index (κ3) is 3.50. The van der Waals surface area contributed by atoms with Crippen LogP contribution in [0.25, 0.3) is 16.6 Å². The number of fused-ring (bicyclic) bond motifs is 2. The molecule has 0 amide bonds. The van der Waals surface area contributed by atoms with E-state index in [0.29, 0.717) is 35.6 Å². The number of aromatic amines is 1. The highest BCUT2D eigenvalue weighted by Gasteiger charge is 2.24. The highest BCUT2D eigenvalue weighted by Crippen LogP contribution is 2.34. The third-order valence-corrected chi connectivity index (χ3v) is 6.59. The number of methoxy groups -OCH3 is 1. The maximum atomic E-state index is 15.1. The highest BCUT2D eigenvalue weighted by atomic mass is 32.1. The molecular weight excluding hydrogens is 465 g/mol. The number of aromatic carboxylic acids is 1. The van der Waals surface area contributed by atoms with Crippen molar-refractivity contribution in [3.8, 4) is 17.2 Å². The molecular formula is C23H18FN3O6S. The molecule has 0 atom stereocenters. The second-order valence-electron chi connectivity index (χ2n) is 7.58. The van der Waals surface area contributed by atoms with Gasteiger partial charge in [-0.2, -0.15) is 0 Å². The van der Waals surface area contributed by atoms with Crippen LogP contribution in [0.3, 0.4) is 0 Å². The van der Waals surface area contributed by atoms with Gasteiger partial charge in [-0.1, -0.05) is 12.1 Å². The Bertz CT molecular complexity index is 1560. The summed E-state index contributed by atoms with van der Waals surface area (Å²) in [4.78, 5) is 41.7. The minimum Gasteiger partial charge on any atom is -0.496 e. The fourth-order valence-corrected chi connectivity index (χ4v) is 4.91. The largest absolute Gasteiger partial charge is 0.496 e. The molecule has 0 fully saturated rings. The lowest BCUT2D eigenvalue weighted by atomic mass is 10.1. The van der Waals surface area contributed by atoms with E-state index in [9.17, 15) is 19.5 Å². The number of rotatable bonds is 5. The molecule has 0 saturated heterocycles. The van der Waals surface area contributed by atoms with Gasteiger partial charge in [0, 0.05) is 23.6 Å². The fraction of sp³-hybridized carbons (Fsp3) is 0.174. The number of ether oxygens (including phenoxy) is 2. The maximum absolute atomic E-state index is 15.1. The van der Waals surface area contributed by atoms with Gasteiger partial charge < -0.3 is 24.5 Å². The molecule has 0 bridgehead atoms. The van der Waals surface area contributed by atoms with Gasteiger partial charge in [0.05, 0.1) is 35.9 Å². The summed E-state index contributed by atoms with van der Waals surface area (Å²) in [5, 5.41) is 10.6. The van der Waals surface area contributed by atoms with Crippen molar-refractivity contribution in [2.24, 2.45) is 0 Å². The number of nitrogens with one attached hydrogen (secondary N) is 1. The van der Waals surface area contributed by atoms with Crippen LogP contribution in [0.4, 0.5) is 10.1 Å². The molecule has 174 valence electrons. The number of hydrogen-bond donors (Lipinski definition) is 2. The normalized spacial score (nSPS) is 12.9. The zero-order valence-corrected chi connectivity index (χ0v) is 18.6. The Kier molecular flexibility index (Phi) is 5.33. The van der Waals surface area contributed by atoms with E-state index in [4.69, 9.17) is 9.47 Å². The number of aromatic nitrogens is 2. The Labute approximate surface area is 195 Å². The van der Waals surface area contributed by atoms with Gasteiger partial charge in [0.25, 0.3) is 5.56 Å². The lowest BCUT2D eigenvalue weighted by molar-refractivity contribution is 0.0704. The molecule has 0 saturated carbocycles. The Hall–Kier alpha value is -4.12. The van der Waals surface area contributed by atoms with Gasteiger partial charge in [-0.3, -0.25) is 4.79 Å². The van der Waals surface area contributed by atoms with E-state index in [1.54, 1.807) is 0 Å². The smallest absolute Gasteiger partial charge is 0.346 e. The summed E-state index contributed by atoms with van der Waals surface area (Å²) in [5.41, 5.74) is -0.614. The predicted octanol–water partition coefficient (Wildman–Crippen LogP) is 2.99. The lowest BCUT2D eigenvalue weighted by Crippen LogP contribution is -2.35. The monoisotopic (exact) mass is 483 g/mol. The van der Waals surface area contributed by atoms with Crippen LogP contribution in [0.5, 0.6) is 11.5 Å². The van der Waals surface area contributed by atoms with E-state index < -0.39 is 23.0 Å². The summed E-state index contributed by atoms with van der Waals surface area (Å²) >= 11 is 0.813. The first kappa shape index (κ1) is 21.7. The number of carboxylic acids is 1. The second-order valence-corrected chi connectivity index (χ2v) is 8.46. The fourth-order valence-electron chi connectivity index (χ4n) is 4.08. The minimum absolute atomic E-state index is 0.0905. The van der Waals surface area contributed by atoms with E-state index >= 15 is 4.39 Å². The number of carboxylic acid groups (broad SMARTS) is 1. The van der Waals surface area contributed by atoms with Crippen LogP contribution in [-0.4, -0.2) is 40.9 Å². The molecule has 2 aromatic heterocycles. The van der Waals surface area contributed by atoms with E-state index in [2.05, 4.69) is 4.98 Å². The summed E-state index contributed by atoms with van der Waals surface area (Å²) in [6, 6.07) is 9.98. The minimum atomic E-state index is -1.31. The molecule has 34 heavy (non-hydrogen) atoms. The molecule has 0 spiro atoms. The first-order valence-corrected chi connectivity index (χ1v) is 11.1. The summed E-state index contributed by atoms with van der Waals surface area (Å²) in [6.07, 6.45) is 0. The number of para-hydroxylation sites is 2. The zero-order valence-electron chi connectivity index (χ0n) is 17.8. The summed E-state index contributed by atoms with van der Waals surface area (Å²) in [6.45, 7) is 1.32. The second kappa shape index (κ2) is 8.34. The molecule has 0 aliphatic carbocycles. The van der Waals surface area contributed by atoms with Crippen molar-refractivity contribution in [3.63, 3.8) is 0 Å². The summed E-state index contributed by atoms with van der Waals surface area (Å²) < 4.78 is 26.8. The summed E-state index contributed by atoms with van der Waals surface area (Å²) in [7, 11) is 1.40. The summed E-state index contributed by atoms with van der Waals surface area (Å²) in [5.74, 6) is -1.20. The molecule has 2 N–H and O–H groups in total. The molecule has 0 unspecified atom stereocenters. The van der Waals surface area contributed by atoms with Gasteiger partial charge >= 0.3 is 11.7 Å². The number of benzene rings is 2. The molecule has 9 nitrogen and oxygen atoms in total. The molecule has 11 heteroatoms. The van der Waals surface area contributed by atoms with E-state index in [1.807, 2.05) is 29.2 Å². The number of nitrogens with zero attached hydrogens (tertiary/aromatic N) is 2.